The van der Waals surface area contributed by atoms with Crippen molar-refractivity contribution in [3.05, 3.63) is 0 Å². The van der Waals surface area contributed by atoms with Gasteiger partial charge in [-0.1, -0.05) is 17.9 Å². The van der Waals surface area contributed by atoms with Crippen molar-refractivity contribution in [1.29, 1.82) is 0 Å². The molecule has 0 radical (unpaired) electrons. The van der Waals surface area contributed by atoms with Crippen LogP contribution in [0.5, 0.6) is 0 Å². The van der Waals surface area contributed by atoms with Crippen molar-refractivity contribution in [2.45, 2.75) is 31.1 Å². The van der Waals surface area contributed by atoms with Crippen molar-refractivity contribution in [2.24, 2.45) is 13.0 Å². The monoisotopic (exact) mass is 229 g/mol. The molecule has 1 aromatic heterocycles. The van der Waals surface area contributed by atoms with Crippen LogP contribution in [-0.2, 0) is 7.05 Å². The number of hydrogen-bond acceptors (Lipinski definition) is 4. The topological polar surface area (TPSA) is 55.6 Å². The van der Waals surface area contributed by atoms with Crippen LogP contribution in [0.4, 0.5) is 5.95 Å². The number of rotatable bonds is 3. The van der Waals surface area contributed by atoms with Crippen LogP contribution in [0.2, 0.25) is 0 Å². The number of alkyl halides is 1. The molecule has 1 aliphatic carbocycles. The van der Waals surface area contributed by atoms with E-state index in [4.69, 9.17) is 11.6 Å². The van der Waals surface area contributed by atoms with Gasteiger partial charge in [0.05, 0.1) is 0 Å². The van der Waals surface area contributed by atoms with Crippen molar-refractivity contribution in [1.82, 2.24) is 20.2 Å². The van der Waals surface area contributed by atoms with E-state index in [1.165, 1.54) is 19.3 Å². The highest BCUT2D eigenvalue weighted by Gasteiger charge is 2.23. The van der Waals surface area contributed by atoms with Gasteiger partial charge in [-0.15, -0.1) is 11.6 Å². The predicted molar refractivity (Wildman–Crippen MR) is 58.9 cm³/mol. The molecule has 0 amide bonds. The summed E-state index contributed by atoms with van der Waals surface area (Å²) < 4.78 is 1.63. The molecule has 0 saturated heterocycles. The Hall–Kier alpha value is -0.840. The van der Waals surface area contributed by atoms with E-state index in [1.54, 1.807) is 4.68 Å². The third kappa shape index (κ3) is 2.59. The average Bonchev–Trinajstić information content (AvgIpc) is 2.63. The smallest absolute Gasteiger partial charge is 0.242 e. The number of aryl methyl sites for hydroxylation is 1. The third-order valence-corrected chi connectivity index (χ3v) is 3.53. The first kappa shape index (κ1) is 10.7. The van der Waals surface area contributed by atoms with Gasteiger partial charge in [0.2, 0.25) is 5.95 Å². The number of nitrogens with zero attached hydrogens (tertiary/aromatic N) is 4. The van der Waals surface area contributed by atoms with Gasteiger partial charge in [-0.3, -0.25) is 0 Å². The van der Waals surface area contributed by atoms with E-state index in [0.29, 0.717) is 17.2 Å². The highest BCUT2D eigenvalue weighted by atomic mass is 35.5. The largest absolute Gasteiger partial charge is 0.353 e. The minimum atomic E-state index is 0.299. The van der Waals surface area contributed by atoms with E-state index in [0.717, 1.165) is 13.0 Å². The Morgan fingerprint density at radius 2 is 2.27 bits per heavy atom. The summed E-state index contributed by atoms with van der Waals surface area (Å²) in [6, 6.07) is 0. The maximum Gasteiger partial charge on any atom is 0.242 e. The number of hydrogen-bond donors (Lipinski definition) is 1. The molecule has 5 nitrogen and oxygen atoms in total. The molecule has 0 aliphatic heterocycles. The van der Waals surface area contributed by atoms with E-state index >= 15 is 0 Å². The first-order valence-corrected chi connectivity index (χ1v) is 5.81. The molecule has 15 heavy (non-hydrogen) atoms. The van der Waals surface area contributed by atoms with Gasteiger partial charge in [0.25, 0.3) is 0 Å². The van der Waals surface area contributed by atoms with Crippen LogP contribution in [-0.4, -0.2) is 32.1 Å². The van der Waals surface area contributed by atoms with Crippen LogP contribution in [0.1, 0.15) is 25.7 Å². The number of tetrazole rings is 1. The molecule has 2 rings (SSSR count). The van der Waals surface area contributed by atoms with Gasteiger partial charge in [-0.2, -0.15) is 0 Å². The summed E-state index contributed by atoms with van der Waals surface area (Å²) in [5.41, 5.74) is 0. The van der Waals surface area contributed by atoms with Crippen molar-refractivity contribution >= 4 is 17.5 Å². The number of anilines is 1. The van der Waals surface area contributed by atoms with Crippen molar-refractivity contribution in [3.63, 3.8) is 0 Å². The van der Waals surface area contributed by atoms with Crippen LogP contribution < -0.4 is 5.32 Å². The second-order valence-corrected chi connectivity index (χ2v) is 4.63. The number of nitrogens with one attached hydrogen (secondary N) is 1. The van der Waals surface area contributed by atoms with Gasteiger partial charge < -0.3 is 5.32 Å². The molecule has 1 fully saturated rings. The van der Waals surface area contributed by atoms with Crippen LogP contribution in [0.15, 0.2) is 0 Å². The van der Waals surface area contributed by atoms with Crippen LogP contribution >= 0.6 is 11.6 Å². The second-order valence-electron chi connectivity index (χ2n) is 4.07. The normalized spacial score (nSPS) is 26.5. The zero-order valence-electron chi connectivity index (χ0n) is 8.86. The molecule has 1 saturated carbocycles. The standard InChI is InChI=1S/C9H16ClN5/c1-15-9(12-13-14-15)11-6-7-4-2-3-5-8(7)10/h7-8H,2-6H2,1H3,(H,11,12,14). The van der Waals surface area contributed by atoms with Crippen LogP contribution in [0.3, 0.4) is 0 Å². The Bertz CT molecular complexity index is 313. The number of aromatic nitrogens is 4. The summed E-state index contributed by atoms with van der Waals surface area (Å²) in [5.74, 6) is 1.25. The Balaban J connectivity index is 1.84. The fourth-order valence-corrected chi connectivity index (χ4v) is 2.36. The zero-order chi connectivity index (χ0) is 10.7. The first-order valence-electron chi connectivity index (χ1n) is 5.37. The molecule has 0 spiro atoms. The molecule has 6 heteroatoms. The van der Waals surface area contributed by atoms with Gasteiger partial charge in [-0.05, 0) is 29.2 Å². The van der Waals surface area contributed by atoms with Crippen molar-refractivity contribution in [2.75, 3.05) is 11.9 Å². The summed E-state index contributed by atoms with van der Waals surface area (Å²) in [6.45, 7) is 0.863. The quantitative estimate of drug-likeness (QED) is 0.797. The molecule has 84 valence electrons. The molecule has 0 aromatic carbocycles. The lowest BCUT2D eigenvalue weighted by molar-refractivity contribution is 0.380. The third-order valence-electron chi connectivity index (χ3n) is 2.96. The van der Waals surface area contributed by atoms with Crippen molar-refractivity contribution < 1.29 is 0 Å². The van der Waals surface area contributed by atoms with Crippen LogP contribution in [0, 0.1) is 5.92 Å². The van der Waals surface area contributed by atoms with E-state index in [-0.39, 0.29) is 0 Å². The summed E-state index contributed by atoms with van der Waals surface area (Å²) in [7, 11) is 1.82. The van der Waals surface area contributed by atoms with Crippen LogP contribution in [0.25, 0.3) is 0 Å². The highest BCUT2D eigenvalue weighted by Crippen LogP contribution is 2.28. The van der Waals surface area contributed by atoms with Gasteiger partial charge >= 0.3 is 0 Å². The molecule has 1 aliphatic rings. The molecule has 1 N–H and O–H groups in total. The molecule has 0 bridgehead atoms. The zero-order valence-corrected chi connectivity index (χ0v) is 9.61. The summed E-state index contributed by atoms with van der Waals surface area (Å²) in [6.07, 6.45) is 4.88. The lowest BCUT2D eigenvalue weighted by Crippen LogP contribution is -2.27. The predicted octanol–water partition coefficient (Wildman–Crippen LogP) is 1.42. The molecular weight excluding hydrogens is 214 g/mol. The molecule has 1 heterocycles. The Morgan fingerprint density at radius 3 is 2.93 bits per heavy atom. The average molecular weight is 230 g/mol. The molecule has 2 unspecified atom stereocenters. The maximum absolute atomic E-state index is 6.26. The van der Waals surface area contributed by atoms with Gasteiger partial charge in [0.15, 0.2) is 0 Å². The molecular formula is C9H16ClN5. The first-order chi connectivity index (χ1) is 7.27. The Labute approximate surface area is 94.2 Å². The van der Waals surface area contributed by atoms with Gasteiger partial charge in [0, 0.05) is 19.0 Å². The summed E-state index contributed by atoms with van der Waals surface area (Å²) >= 11 is 6.26. The lowest BCUT2D eigenvalue weighted by Gasteiger charge is -2.26. The lowest BCUT2D eigenvalue weighted by atomic mass is 9.89. The Morgan fingerprint density at radius 1 is 1.47 bits per heavy atom. The molecule has 1 aromatic rings. The maximum atomic E-state index is 6.26. The minimum absolute atomic E-state index is 0.299. The highest BCUT2D eigenvalue weighted by molar-refractivity contribution is 6.20. The van der Waals surface area contributed by atoms with Gasteiger partial charge in [-0.25, -0.2) is 4.68 Å². The fourth-order valence-electron chi connectivity index (χ4n) is 1.99. The summed E-state index contributed by atoms with van der Waals surface area (Å²) in [4.78, 5) is 0. The second kappa shape index (κ2) is 4.79. The molecule has 2 atom stereocenters. The minimum Gasteiger partial charge on any atom is -0.353 e. The number of halogens is 1. The van der Waals surface area contributed by atoms with E-state index < -0.39 is 0 Å². The SMILES string of the molecule is Cn1nnnc1NCC1CCCCC1Cl. The van der Waals surface area contributed by atoms with E-state index in [2.05, 4.69) is 20.8 Å². The van der Waals surface area contributed by atoms with E-state index in [1.807, 2.05) is 7.05 Å². The van der Waals surface area contributed by atoms with Gasteiger partial charge in [0.1, 0.15) is 0 Å². The Kier molecular flexibility index (Phi) is 3.41. The fraction of sp³-hybridized carbons (Fsp3) is 0.889. The van der Waals surface area contributed by atoms with E-state index in [9.17, 15) is 0 Å². The summed E-state index contributed by atoms with van der Waals surface area (Å²) in [5, 5.41) is 14.7. The van der Waals surface area contributed by atoms with Crippen molar-refractivity contribution in [3.8, 4) is 0 Å².